The zero-order chi connectivity index (χ0) is 15.6. The molecule has 0 bridgehead atoms. The lowest BCUT2D eigenvalue weighted by molar-refractivity contribution is -0.128. The van der Waals surface area contributed by atoms with Crippen LogP contribution in [0.2, 0.25) is 0 Å². The summed E-state index contributed by atoms with van der Waals surface area (Å²) in [4.78, 5) is 25.1. The molecule has 1 aromatic carbocycles. The van der Waals surface area contributed by atoms with Crippen LogP contribution in [0.4, 0.5) is 5.69 Å². The number of allylic oxidation sites excluding steroid dienone is 1. The summed E-state index contributed by atoms with van der Waals surface area (Å²) in [5.41, 5.74) is 2.72. The van der Waals surface area contributed by atoms with Gasteiger partial charge >= 0.3 is 0 Å². The number of aromatic nitrogens is 2. The van der Waals surface area contributed by atoms with Gasteiger partial charge in [-0.1, -0.05) is 18.2 Å². The van der Waals surface area contributed by atoms with Crippen LogP contribution < -0.4 is 15.6 Å². The van der Waals surface area contributed by atoms with E-state index in [1.807, 2.05) is 24.3 Å². The van der Waals surface area contributed by atoms with Gasteiger partial charge in [0.2, 0.25) is 11.5 Å². The molecule has 3 aliphatic rings. The second kappa shape index (κ2) is 4.16. The summed E-state index contributed by atoms with van der Waals surface area (Å²) < 4.78 is 6.15. The molecule has 6 nitrogen and oxygen atoms in total. The number of hydrogen-bond acceptors (Lipinski definition) is 3. The van der Waals surface area contributed by atoms with Gasteiger partial charge in [-0.25, -0.2) is 0 Å². The molecule has 1 aliphatic carbocycles. The van der Waals surface area contributed by atoms with Gasteiger partial charge in [-0.15, -0.1) is 0 Å². The minimum atomic E-state index is -1.15. The van der Waals surface area contributed by atoms with E-state index in [0.29, 0.717) is 11.4 Å². The zero-order valence-corrected chi connectivity index (χ0v) is 12.4. The molecule has 2 aliphatic heterocycles. The number of nitrogens with one attached hydrogen (secondary N) is 3. The Morgan fingerprint density at radius 3 is 2.78 bits per heavy atom. The molecule has 23 heavy (non-hydrogen) atoms. The van der Waals surface area contributed by atoms with Gasteiger partial charge in [0.15, 0.2) is 0 Å². The summed E-state index contributed by atoms with van der Waals surface area (Å²) in [6.45, 7) is 0. The summed E-state index contributed by atoms with van der Waals surface area (Å²) in [6, 6.07) is 7.59. The van der Waals surface area contributed by atoms with E-state index < -0.39 is 5.60 Å². The highest BCUT2D eigenvalue weighted by Crippen LogP contribution is 2.53. The lowest BCUT2D eigenvalue weighted by atomic mass is 9.74. The van der Waals surface area contributed by atoms with Gasteiger partial charge in [-0.2, -0.15) is 0 Å². The third-order valence-electron chi connectivity index (χ3n) is 5.07. The van der Waals surface area contributed by atoms with Gasteiger partial charge in [0.05, 0.1) is 0 Å². The highest BCUT2D eigenvalue weighted by Gasteiger charge is 2.56. The molecular formula is C17H15N3O3. The normalized spacial score (nSPS) is 24.8. The average Bonchev–Trinajstić information content (AvgIpc) is 3.08. The van der Waals surface area contributed by atoms with Crippen molar-refractivity contribution in [2.75, 3.05) is 5.32 Å². The number of carbonyl (C=O) groups is 1. The maximum Gasteiger partial charge on any atom is 0.277 e. The highest BCUT2D eigenvalue weighted by molar-refractivity contribution is 6.09. The number of amides is 1. The SMILES string of the molecule is O=C1Nc2ccccc2C12Oc1[nH][nH]c(=O)c1C1=C2CCCC1. The number of anilines is 1. The van der Waals surface area contributed by atoms with Crippen molar-refractivity contribution in [2.45, 2.75) is 31.3 Å². The van der Waals surface area contributed by atoms with E-state index in [0.717, 1.165) is 48.1 Å². The Bertz CT molecular complexity index is 937. The van der Waals surface area contributed by atoms with Crippen molar-refractivity contribution in [3.8, 4) is 5.88 Å². The Morgan fingerprint density at radius 2 is 1.87 bits per heavy atom. The minimum absolute atomic E-state index is 0.180. The predicted molar refractivity (Wildman–Crippen MR) is 84.2 cm³/mol. The number of ether oxygens (including phenoxy) is 1. The van der Waals surface area contributed by atoms with Crippen molar-refractivity contribution in [2.24, 2.45) is 0 Å². The van der Waals surface area contributed by atoms with Gasteiger partial charge < -0.3 is 10.1 Å². The van der Waals surface area contributed by atoms with Crippen LogP contribution in [0.25, 0.3) is 5.57 Å². The Labute approximate surface area is 131 Å². The molecule has 0 saturated carbocycles. The summed E-state index contributed by atoms with van der Waals surface area (Å²) >= 11 is 0. The molecule has 3 N–H and O–H groups in total. The van der Waals surface area contributed by atoms with Crippen molar-refractivity contribution in [3.05, 3.63) is 51.3 Å². The summed E-state index contributed by atoms with van der Waals surface area (Å²) in [5.74, 6) is 0.184. The van der Waals surface area contributed by atoms with Crippen LogP contribution in [-0.4, -0.2) is 16.1 Å². The number of carbonyl (C=O) groups excluding carboxylic acids is 1. The van der Waals surface area contributed by atoms with E-state index in [9.17, 15) is 9.59 Å². The number of para-hydroxylation sites is 1. The molecule has 3 heterocycles. The highest BCUT2D eigenvalue weighted by atomic mass is 16.5. The molecule has 5 rings (SSSR count). The van der Waals surface area contributed by atoms with Gasteiger partial charge in [0, 0.05) is 11.3 Å². The number of H-pyrrole nitrogens is 2. The first-order chi connectivity index (χ1) is 11.2. The van der Waals surface area contributed by atoms with Crippen LogP contribution in [0.5, 0.6) is 5.88 Å². The molecule has 1 amide bonds. The molecule has 6 heteroatoms. The molecule has 2 aromatic rings. The van der Waals surface area contributed by atoms with Crippen molar-refractivity contribution < 1.29 is 9.53 Å². The van der Waals surface area contributed by atoms with Crippen LogP contribution in [0.15, 0.2) is 34.6 Å². The van der Waals surface area contributed by atoms with Crippen LogP contribution >= 0.6 is 0 Å². The first-order valence-electron chi connectivity index (χ1n) is 7.85. The fourth-order valence-electron chi connectivity index (χ4n) is 4.11. The van der Waals surface area contributed by atoms with Gasteiger partial charge in [0.25, 0.3) is 11.5 Å². The van der Waals surface area contributed by atoms with E-state index in [-0.39, 0.29) is 11.5 Å². The Balaban J connectivity index is 1.86. The van der Waals surface area contributed by atoms with Crippen LogP contribution in [-0.2, 0) is 10.4 Å². The van der Waals surface area contributed by atoms with Gasteiger partial charge in [0.1, 0.15) is 5.56 Å². The second-order valence-corrected chi connectivity index (χ2v) is 6.23. The van der Waals surface area contributed by atoms with E-state index in [1.54, 1.807) is 0 Å². The molecule has 0 fully saturated rings. The smallest absolute Gasteiger partial charge is 0.277 e. The first-order valence-corrected chi connectivity index (χ1v) is 7.85. The molecule has 1 unspecified atom stereocenters. The van der Waals surface area contributed by atoms with Gasteiger partial charge in [-0.05, 0) is 42.9 Å². The third-order valence-corrected chi connectivity index (χ3v) is 5.07. The van der Waals surface area contributed by atoms with Gasteiger partial charge in [-0.3, -0.25) is 19.8 Å². The molecule has 0 radical (unpaired) electrons. The summed E-state index contributed by atoms with van der Waals surface area (Å²) in [6.07, 6.45) is 3.57. The standard InChI is InChI=1S/C17H15N3O3/c21-14-13-9-5-1-2-6-10(9)17(23-15(13)20-19-14)11-7-3-4-8-12(11)18-16(17)22/h3-4,7-8H,1-2,5-6H2,(H,18,22)(H2,19,20,21). The number of aromatic amines is 2. The first kappa shape index (κ1) is 12.8. The maximum atomic E-state index is 12.9. The van der Waals surface area contributed by atoms with E-state index in [4.69, 9.17) is 4.74 Å². The molecule has 0 saturated heterocycles. The van der Waals surface area contributed by atoms with E-state index >= 15 is 0 Å². The van der Waals surface area contributed by atoms with Crippen molar-refractivity contribution >= 4 is 17.2 Å². The van der Waals surface area contributed by atoms with Crippen LogP contribution in [0, 0.1) is 0 Å². The largest absolute Gasteiger partial charge is 0.451 e. The Morgan fingerprint density at radius 1 is 1.04 bits per heavy atom. The Hall–Kier alpha value is -2.76. The lowest BCUT2D eigenvalue weighted by Crippen LogP contribution is -2.45. The van der Waals surface area contributed by atoms with Crippen LogP contribution in [0.3, 0.4) is 0 Å². The number of fused-ring (bicyclic) bond motifs is 5. The predicted octanol–water partition coefficient (Wildman–Crippen LogP) is 2.27. The van der Waals surface area contributed by atoms with Crippen molar-refractivity contribution in [1.82, 2.24) is 10.2 Å². The maximum absolute atomic E-state index is 12.9. The summed E-state index contributed by atoms with van der Waals surface area (Å²) in [7, 11) is 0. The molecule has 1 atom stereocenters. The van der Waals surface area contributed by atoms with E-state index in [1.165, 1.54) is 0 Å². The average molecular weight is 309 g/mol. The summed E-state index contributed by atoms with van der Waals surface area (Å²) in [5, 5.41) is 8.30. The minimum Gasteiger partial charge on any atom is -0.451 e. The van der Waals surface area contributed by atoms with Crippen molar-refractivity contribution in [1.29, 1.82) is 0 Å². The molecule has 116 valence electrons. The number of benzene rings is 1. The van der Waals surface area contributed by atoms with Crippen molar-refractivity contribution in [3.63, 3.8) is 0 Å². The molecule has 1 spiro atoms. The van der Waals surface area contributed by atoms with E-state index in [2.05, 4.69) is 15.5 Å². The fraction of sp³-hybridized carbons (Fsp3) is 0.294. The molecule has 1 aromatic heterocycles. The third kappa shape index (κ3) is 1.43. The topological polar surface area (TPSA) is 87.0 Å². The lowest BCUT2D eigenvalue weighted by Gasteiger charge is -2.38. The Kier molecular flexibility index (Phi) is 2.30. The number of hydrogen-bond donors (Lipinski definition) is 3. The number of rotatable bonds is 0. The zero-order valence-electron chi connectivity index (χ0n) is 12.4. The molecular weight excluding hydrogens is 294 g/mol. The fourth-order valence-corrected chi connectivity index (χ4v) is 4.11. The quantitative estimate of drug-likeness (QED) is 0.697. The second-order valence-electron chi connectivity index (χ2n) is 6.23. The monoisotopic (exact) mass is 309 g/mol. The van der Waals surface area contributed by atoms with Crippen LogP contribution in [0.1, 0.15) is 36.8 Å².